The maximum Gasteiger partial charge on any atom is 0.317 e. The summed E-state index contributed by atoms with van der Waals surface area (Å²) in [4.78, 5) is 22.3. The van der Waals surface area contributed by atoms with Gasteiger partial charge in [0.15, 0.2) is 0 Å². The lowest BCUT2D eigenvalue weighted by Crippen LogP contribution is -2.42. The standard InChI is InChI=1S/C17H23N5O2/c1-12(9-13-10-18-7-8-19-13)20-17(23)22(2)11-15-14-5-3-4-6-16(14)24-21-15/h7-8,10,12H,3-6,9,11H2,1-2H3,(H,20,23)/t12-/m0/s1. The smallest absolute Gasteiger partial charge is 0.317 e. The highest BCUT2D eigenvalue weighted by atomic mass is 16.5. The minimum Gasteiger partial charge on any atom is -0.361 e. The molecule has 7 heteroatoms. The van der Waals surface area contributed by atoms with E-state index in [1.54, 1.807) is 30.5 Å². The van der Waals surface area contributed by atoms with Crippen LogP contribution in [-0.4, -0.2) is 39.1 Å². The SMILES string of the molecule is C[C@@H](Cc1cnccn1)NC(=O)N(C)Cc1noc2c1CCCC2. The molecule has 2 amide bonds. The number of aromatic nitrogens is 3. The first-order chi connectivity index (χ1) is 11.6. The molecule has 0 bridgehead atoms. The number of rotatable bonds is 5. The van der Waals surface area contributed by atoms with E-state index < -0.39 is 0 Å². The highest BCUT2D eigenvalue weighted by Gasteiger charge is 2.22. The molecule has 3 rings (SSSR count). The van der Waals surface area contributed by atoms with Crippen LogP contribution in [0.5, 0.6) is 0 Å². The third-order valence-corrected chi connectivity index (χ3v) is 4.27. The van der Waals surface area contributed by atoms with Crippen molar-refractivity contribution < 1.29 is 9.32 Å². The molecule has 0 radical (unpaired) electrons. The fourth-order valence-corrected chi connectivity index (χ4v) is 2.99. The monoisotopic (exact) mass is 329 g/mol. The van der Waals surface area contributed by atoms with Gasteiger partial charge in [0.25, 0.3) is 0 Å². The predicted molar refractivity (Wildman–Crippen MR) is 88.3 cm³/mol. The Morgan fingerprint density at radius 2 is 2.21 bits per heavy atom. The number of urea groups is 1. The Bertz CT molecular complexity index is 686. The number of amides is 2. The molecule has 2 aromatic heterocycles. The molecular formula is C17H23N5O2. The van der Waals surface area contributed by atoms with Gasteiger partial charge in [-0.2, -0.15) is 0 Å². The number of hydrogen-bond acceptors (Lipinski definition) is 5. The van der Waals surface area contributed by atoms with Crippen molar-refractivity contribution in [3.63, 3.8) is 0 Å². The number of fused-ring (bicyclic) bond motifs is 1. The lowest BCUT2D eigenvalue weighted by molar-refractivity contribution is 0.202. The minimum atomic E-state index is -0.126. The van der Waals surface area contributed by atoms with Crippen molar-refractivity contribution in [2.24, 2.45) is 0 Å². The van der Waals surface area contributed by atoms with Crippen LogP contribution in [0.1, 0.15) is 42.5 Å². The molecule has 0 aliphatic heterocycles. The Hall–Kier alpha value is -2.44. The molecule has 0 aromatic carbocycles. The largest absolute Gasteiger partial charge is 0.361 e. The summed E-state index contributed by atoms with van der Waals surface area (Å²) in [5.41, 5.74) is 2.93. The van der Waals surface area contributed by atoms with Crippen molar-refractivity contribution in [3.05, 3.63) is 41.3 Å². The second-order valence-corrected chi connectivity index (χ2v) is 6.35. The van der Waals surface area contributed by atoms with Crippen molar-refractivity contribution in [3.8, 4) is 0 Å². The quantitative estimate of drug-likeness (QED) is 0.908. The highest BCUT2D eigenvalue weighted by Crippen LogP contribution is 2.24. The first-order valence-electron chi connectivity index (χ1n) is 8.36. The summed E-state index contributed by atoms with van der Waals surface area (Å²) in [6, 6.07) is -0.151. The van der Waals surface area contributed by atoms with E-state index in [0.717, 1.165) is 42.8 Å². The molecule has 1 aliphatic carbocycles. The molecule has 1 atom stereocenters. The molecule has 1 aliphatic rings. The lowest BCUT2D eigenvalue weighted by atomic mass is 9.96. The summed E-state index contributed by atoms with van der Waals surface area (Å²) in [7, 11) is 1.77. The summed E-state index contributed by atoms with van der Waals surface area (Å²) in [6.07, 6.45) is 9.91. The van der Waals surface area contributed by atoms with Crippen molar-refractivity contribution in [1.82, 2.24) is 25.3 Å². The van der Waals surface area contributed by atoms with Crippen LogP contribution in [0.4, 0.5) is 4.79 Å². The number of aryl methyl sites for hydroxylation is 1. The number of carbonyl (C=O) groups is 1. The second-order valence-electron chi connectivity index (χ2n) is 6.35. The van der Waals surface area contributed by atoms with Crippen LogP contribution in [0.3, 0.4) is 0 Å². The second kappa shape index (κ2) is 7.42. The number of carbonyl (C=O) groups excluding carboxylic acids is 1. The lowest BCUT2D eigenvalue weighted by Gasteiger charge is -2.21. The Kier molecular flexibility index (Phi) is 5.08. The van der Waals surface area contributed by atoms with Gasteiger partial charge in [-0.05, 0) is 26.2 Å². The molecule has 7 nitrogen and oxygen atoms in total. The average molecular weight is 329 g/mol. The Morgan fingerprint density at radius 3 is 3.00 bits per heavy atom. The zero-order valence-corrected chi connectivity index (χ0v) is 14.2. The van der Waals surface area contributed by atoms with E-state index in [1.165, 1.54) is 5.56 Å². The van der Waals surface area contributed by atoms with Gasteiger partial charge in [-0.25, -0.2) is 4.79 Å². The molecule has 0 spiro atoms. The van der Waals surface area contributed by atoms with Crippen molar-refractivity contribution >= 4 is 6.03 Å². The van der Waals surface area contributed by atoms with Crippen molar-refractivity contribution in [1.29, 1.82) is 0 Å². The molecule has 0 saturated heterocycles. The summed E-state index contributed by atoms with van der Waals surface area (Å²) in [5.74, 6) is 0.987. The molecule has 128 valence electrons. The molecular weight excluding hydrogens is 306 g/mol. The normalized spacial score (nSPS) is 14.8. The number of nitrogens with one attached hydrogen (secondary N) is 1. The van der Waals surface area contributed by atoms with E-state index in [2.05, 4.69) is 20.4 Å². The highest BCUT2D eigenvalue weighted by molar-refractivity contribution is 5.74. The van der Waals surface area contributed by atoms with Crippen LogP contribution < -0.4 is 5.32 Å². The average Bonchev–Trinajstić information content (AvgIpc) is 2.99. The molecule has 24 heavy (non-hydrogen) atoms. The van der Waals surface area contributed by atoms with E-state index in [1.807, 2.05) is 6.92 Å². The topological polar surface area (TPSA) is 84.2 Å². The Morgan fingerprint density at radius 1 is 1.38 bits per heavy atom. The summed E-state index contributed by atoms with van der Waals surface area (Å²) in [5, 5.41) is 7.13. The summed E-state index contributed by atoms with van der Waals surface area (Å²) in [6.45, 7) is 2.42. The maximum atomic E-state index is 12.4. The van der Waals surface area contributed by atoms with Gasteiger partial charge >= 0.3 is 6.03 Å². The zero-order valence-electron chi connectivity index (χ0n) is 14.2. The Balaban J connectivity index is 1.54. The van der Waals surface area contributed by atoms with E-state index in [-0.39, 0.29) is 12.1 Å². The number of hydrogen-bond donors (Lipinski definition) is 1. The zero-order chi connectivity index (χ0) is 16.9. The number of nitrogens with zero attached hydrogens (tertiary/aromatic N) is 4. The fourth-order valence-electron chi connectivity index (χ4n) is 2.99. The van der Waals surface area contributed by atoms with Gasteiger partial charge in [0.2, 0.25) is 0 Å². The molecule has 0 unspecified atom stereocenters. The van der Waals surface area contributed by atoms with E-state index >= 15 is 0 Å². The van der Waals surface area contributed by atoms with Gasteiger partial charge < -0.3 is 14.7 Å². The Labute approximate surface area is 141 Å². The third-order valence-electron chi connectivity index (χ3n) is 4.27. The van der Waals surface area contributed by atoms with Crippen LogP contribution in [0.15, 0.2) is 23.1 Å². The first-order valence-corrected chi connectivity index (χ1v) is 8.36. The van der Waals surface area contributed by atoms with Gasteiger partial charge in [0.05, 0.1) is 12.2 Å². The van der Waals surface area contributed by atoms with Crippen LogP contribution in [-0.2, 0) is 25.8 Å². The van der Waals surface area contributed by atoms with Gasteiger partial charge in [0.1, 0.15) is 11.5 Å². The molecule has 0 saturated carbocycles. The maximum absolute atomic E-state index is 12.4. The van der Waals surface area contributed by atoms with Gasteiger partial charge in [-0.15, -0.1) is 0 Å². The first kappa shape index (κ1) is 16.4. The van der Waals surface area contributed by atoms with E-state index in [9.17, 15) is 4.79 Å². The van der Waals surface area contributed by atoms with E-state index in [4.69, 9.17) is 4.52 Å². The predicted octanol–water partition coefficient (Wildman–Crippen LogP) is 2.12. The van der Waals surface area contributed by atoms with Crippen LogP contribution in [0.2, 0.25) is 0 Å². The van der Waals surface area contributed by atoms with Gasteiger partial charge in [-0.3, -0.25) is 9.97 Å². The van der Waals surface area contributed by atoms with Gasteiger partial charge in [-0.1, -0.05) is 5.16 Å². The van der Waals surface area contributed by atoms with Gasteiger partial charge in [0, 0.05) is 50.1 Å². The van der Waals surface area contributed by atoms with Crippen LogP contribution >= 0.6 is 0 Å². The van der Waals surface area contributed by atoms with Crippen LogP contribution in [0.25, 0.3) is 0 Å². The third kappa shape index (κ3) is 3.90. The minimum absolute atomic E-state index is 0.0251. The van der Waals surface area contributed by atoms with Crippen molar-refractivity contribution in [2.75, 3.05) is 7.05 Å². The summed E-state index contributed by atoms with van der Waals surface area (Å²) >= 11 is 0. The molecule has 2 aromatic rings. The fraction of sp³-hybridized carbons (Fsp3) is 0.529. The van der Waals surface area contributed by atoms with Crippen LogP contribution in [0, 0.1) is 0 Å². The molecule has 1 N–H and O–H groups in total. The molecule has 0 fully saturated rings. The van der Waals surface area contributed by atoms with E-state index in [0.29, 0.717) is 13.0 Å². The molecule has 2 heterocycles. The van der Waals surface area contributed by atoms with Crippen molar-refractivity contribution in [2.45, 2.75) is 51.6 Å². The summed E-state index contributed by atoms with van der Waals surface area (Å²) < 4.78 is 5.40.